The van der Waals surface area contributed by atoms with Crippen molar-refractivity contribution in [2.24, 2.45) is 0 Å². The molecule has 4 heteroatoms. The van der Waals surface area contributed by atoms with Crippen LogP contribution in [0.4, 0.5) is 0 Å². The summed E-state index contributed by atoms with van der Waals surface area (Å²) in [5.41, 5.74) is -0.492. The molecule has 0 saturated heterocycles. The molecule has 13 heavy (non-hydrogen) atoms. The van der Waals surface area contributed by atoms with Crippen molar-refractivity contribution in [3.63, 3.8) is 0 Å². The monoisotopic (exact) mass is 190 g/mol. The molecule has 1 N–H and O–H groups in total. The summed E-state index contributed by atoms with van der Waals surface area (Å²) in [7, 11) is 7.09. The van der Waals surface area contributed by atoms with Crippen molar-refractivity contribution in [2.75, 3.05) is 28.3 Å². The van der Waals surface area contributed by atoms with E-state index in [0.717, 1.165) is 0 Å². The van der Waals surface area contributed by atoms with Gasteiger partial charge >= 0.3 is 0 Å². The molecule has 0 spiro atoms. The molecule has 0 aliphatic heterocycles. The van der Waals surface area contributed by atoms with E-state index in [0.29, 0.717) is 0 Å². The third kappa shape index (κ3) is 2.64. The van der Waals surface area contributed by atoms with Crippen LogP contribution in [0.15, 0.2) is 0 Å². The molecule has 0 aliphatic carbocycles. The number of nitrogens with zero attached hydrogens (tertiary/aromatic N) is 2. The van der Waals surface area contributed by atoms with Gasteiger partial charge in [-0.2, -0.15) is 0 Å². The summed E-state index contributed by atoms with van der Waals surface area (Å²) in [6.45, 7) is 5.55. The summed E-state index contributed by atoms with van der Waals surface area (Å²) in [5, 5.41) is 10.1. The van der Waals surface area contributed by atoms with Gasteiger partial charge in [-0.15, -0.1) is 0 Å². The van der Waals surface area contributed by atoms with Gasteiger partial charge in [0.25, 0.3) is 0 Å². The second-order valence-electron chi connectivity index (χ2n) is 4.08. The maximum Gasteiger partial charge on any atom is 0.175 e. The van der Waals surface area contributed by atoms with E-state index in [1.165, 1.54) is 0 Å². The molecular formula is C9H22N2O2. The number of methoxy groups -OCH3 is 1. The molecular weight excluding hydrogens is 168 g/mol. The molecule has 0 aromatic heterocycles. The minimum absolute atomic E-state index is 0.492. The van der Waals surface area contributed by atoms with E-state index in [9.17, 15) is 5.11 Å². The highest BCUT2D eigenvalue weighted by atomic mass is 16.5. The third-order valence-corrected chi connectivity index (χ3v) is 2.79. The molecule has 0 heterocycles. The zero-order valence-corrected chi connectivity index (χ0v) is 9.75. The Morgan fingerprint density at radius 2 is 1.46 bits per heavy atom. The summed E-state index contributed by atoms with van der Waals surface area (Å²) < 4.78 is 5.28. The highest BCUT2D eigenvalue weighted by Crippen LogP contribution is 2.23. The molecule has 0 saturated carbocycles. The molecule has 0 radical (unpaired) electrons. The van der Waals surface area contributed by atoms with Crippen molar-refractivity contribution in [3.8, 4) is 0 Å². The highest BCUT2D eigenvalue weighted by molar-refractivity contribution is 4.77. The predicted octanol–water partition coefficient (Wildman–Crippen LogP) is 0.528. The van der Waals surface area contributed by atoms with E-state index in [4.69, 9.17) is 4.74 Å². The Kier molecular flexibility index (Phi) is 3.87. The van der Waals surface area contributed by atoms with Crippen LogP contribution in [0.3, 0.4) is 0 Å². The second kappa shape index (κ2) is 3.92. The zero-order valence-electron chi connectivity index (χ0n) is 9.75. The van der Waals surface area contributed by atoms with Gasteiger partial charge in [0.2, 0.25) is 0 Å². The van der Waals surface area contributed by atoms with Crippen LogP contribution in [0.25, 0.3) is 0 Å². The topological polar surface area (TPSA) is 35.9 Å². The summed E-state index contributed by atoms with van der Waals surface area (Å²) >= 11 is 0. The number of aliphatic hydroxyl groups is 1. The number of hydrogen-bond donors (Lipinski definition) is 1. The van der Waals surface area contributed by atoms with Gasteiger partial charge in [0.15, 0.2) is 5.85 Å². The Morgan fingerprint density at radius 3 is 1.69 bits per heavy atom. The molecule has 0 fully saturated rings. The normalized spacial score (nSPS) is 18.0. The summed E-state index contributed by atoms with van der Waals surface area (Å²) in [6, 6.07) is 0. The number of ether oxygens (including phenoxy) is 1. The Morgan fingerprint density at radius 1 is 1.08 bits per heavy atom. The fourth-order valence-electron chi connectivity index (χ4n) is 0.947. The van der Waals surface area contributed by atoms with Crippen LogP contribution >= 0.6 is 0 Å². The molecule has 4 nitrogen and oxygen atoms in total. The van der Waals surface area contributed by atoms with Crippen molar-refractivity contribution >= 4 is 0 Å². The minimum Gasteiger partial charge on any atom is -0.364 e. The van der Waals surface area contributed by atoms with Crippen LogP contribution in [0.2, 0.25) is 0 Å². The first kappa shape index (κ1) is 12.8. The maximum absolute atomic E-state index is 10.1. The predicted molar refractivity (Wildman–Crippen MR) is 53.2 cm³/mol. The third-order valence-electron chi connectivity index (χ3n) is 2.79. The lowest BCUT2D eigenvalue weighted by atomic mass is 10.2. The van der Waals surface area contributed by atoms with Crippen LogP contribution < -0.4 is 0 Å². The molecule has 80 valence electrons. The highest BCUT2D eigenvalue weighted by Gasteiger charge is 2.38. The minimum atomic E-state index is -1.01. The van der Waals surface area contributed by atoms with Gasteiger partial charge in [-0.3, -0.25) is 4.90 Å². The van der Waals surface area contributed by atoms with Crippen molar-refractivity contribution in [1.29, 1.82) is 0 Å². The van der Waals surface area contributed by atoms with E-state index in [1.54, 1.807) is 23.8 Å². The van der Waals surface area contributed by atoms with Crippen LogP contribution in [0, 0.1) is 0 Å². The second-order valence-corrected chi connectivity index (χ2v) is 4.08. The van der Waals surface area contributed by atoms with Gasteiger partial charge in [-0.25, -0.2) is 4.90 Å². The molecule has 0 rings (SSSR count). The van der Waals surface area contributed by atoms with Crippen LogP contribution in [-0.2, 0) is 4.74 Å². The van der Waals surface area contributed by atoms with E-state index >= 15 is 0 Å². The standard InChI is InChI=1S/C9H22N2O2/c1-8(2,13-7)11(6)9(3,12)10(4)5/h12H,1-7H3. The fraction of sp³-hybridized carbons (Fsp3) is 1.00. The Hall–Kier alpha value is -0.160. The van der Waals surface area contributed by atoms with Crippen molar-refractivity contribution < 1.29 is 9.84 Å². The van der Waals surface area contributed by atoms with Crippen LogP contribution in [0.5, 0.6) is 0 Å². The molecule has 1 unspecified atom stereocenters. The Labute approximate surface area is 81.1 Å². The lowest BCUT2D eigenvalue weighted by molar-refractivity contribution is -0.259. The fourth-order valence-corrected chi connectivity index (χ4v) is 0.947. The summed E-state index contributed by atoms with van der Waals surface area (Å²) in [6.07, 6.45) is 0. The number of rotatable bonds is 4. The first-order chi connectivity index (χ1) is 5.66. The van der Waals surface area contributed by atoms with Gasteiger partial charge < -0.3 is 9.84 Å². The first-order valence-corrected chi connectivity index (χ1v) is 4.35. The molecule has 1 atom stereocenters. The SMILES string of the molecule is COC(C)(C)N(C)C(C)(O)N(C)C. The molecule has 0 amide bonds. The lowest BCUT2D eigenvalue weighted by Gasteiger charge is -2.46. The summed E-state index contributed by atoms with van der Waals surface area (Å²) in [4.78, 5) is 3.49. The van der Waals surface area contributed by atoms with Crippen molar-refractivity contribution in [2.45, 2.75) is 32.3 Å². The van der Waals surface area contributed by atoms with Gasteiger partial charge in [0.1, 0.15) is 5.72 Å². The lowest BCUT2D eigenvalue weighted by Crippen LogP contribution is -2.62. The maximum atomic E-state index is 10.1. The van der Waals surface area contributed by atoms with E-state index < -0.39 is 11.6 Å². The zero-order chi connectivity index (χ0) is 10.9. The van der Waals surface area contributed by atoms with E-state index in [-0.39, 0.29) is 0 Å². The summed E-state index contributed by atoms with van der Waals surface area (Å²) in [5.74, 6) is -1.01. The van der Waals surface area contributed by atoms with Crippen LogP contribution in [-0.4, -0.2) is 54.7 Å². The van der Waals surface area contributed by atoms with E-state index in [2.05, 4.69) is 0 Å². The quantitative estimate of drug-likeness (QED) is 0.656. The molecule has 0 bridgehead atoms. The average molecular weight is 190 g/mol. The van der Waals surface area contributed by atoms with Crippen molar-refractivity contribution in [3.05, 3.63) is 0 Å². The number of hydrogen-bond acceptors (Lipinski definition) is 4. The Bertz CT molecular complexity index is 167. The van der Waals surface area contributed by atoms with Crippen molar-refractivity contribution in [1.82, 2.24) is 9.80 Å². The Balaban J connectivity index is 4.67. The smallest absolute Gasteiger partial charge is 0.175 e. The molecule has 0 aromatic rings. The van der Waals surface area contributed by atoms with Gasteiger partial charge in [0.05, 0.1) is 0 Å². The largest absolute Gasteiger partial charge is 0.364 e. The molecule has 0 aromatic carbocycles. The van der Waals surface area contributed by atoms with Gasteiger partial charge in [-0.1, -0.05) is 0 Å². The van der Waals surface area contributed by atoms with E-state index in [1.807, 2.05) is 35.0 Å². The van der Waals surface area contributed by atoms with Gasteiger partial charge in [0, 0.05) is 7.11 Å². The van der Waals surface area contributed by atoms with Crippen LogP contribution in [0.1, 0.15) is 20.8 Å². The van der Waals surface area contributed by atoms with Gasteiger partial charge in [-0.05, 0) is 41.9 Å². The first-order valence-electron chi connectivity index (χ1n) is 4.35. The average Bonchev–Trinajstić information content (AvgIpc) is 2.02. The molecule has 0 aliphatic rings.